The predicted octanol–water partition coefficient (Wildman–Crippen LogP) is 2.46. The normalized spacial score (nSPS) is 9.61. The van der Waals surface area contributed by atoms with Gasteiger partial charge in [0, 0.05) is 7.05 Å². The number of hydrogen-bond donors (Lipinski definition) is 0. The van der Waals surface area contributed by atoms with E-state index >= 15 is 0 Å². The van der Waals surface area contributed by atoms with Crippen molar-refractivity contribution in [2.24, 2.45) is 7.05 Å². The number of ether oxygens (including phenoxy) is 3. The summed E-state index contributed by atoms with van der Waals surface area (Å²) in [7, 11) is 3.33. The Bertz CT molecular complexity index is 626. The van der Waals surface area contributed by atoms with Crippen LogP contribution in [0.15, 0.2) is 24.3 Å². The summed E-state index contributed by atoms with van der Waals surface area (Å²) < 4.78 is 16.9. The van der Waals surface area contributed by atoms with Crippen molar-refractivity contribution in [3.63, 3.8) is 0 Å². The molecular weight excluding hydrogens is 298 g/mol. The van der Waals surface area contributed by atoms with Crippen molar-refractivity contribution in [2.45, 2.75) is 20.8 Å². The zero-order valence-electron chi connectivity index (χ0n) is 14.2. The van der Waals surface area contributed by atoms with Crippen LogP contribution in [0.2, 0.25) is 0 Å². The van der Waals surface area contributed by atoms with Crippen molar-refractivity contribution < 1.29 is 19.0 Å². The first-order valence-corrected chi connectivity index (χ1v) is 7.48. The molecule has 126 valence electrons. The molecule has 2 aromatic rings. The fraction of sp³-hybridized carbons (Fsp3) is 0.438. The van der Waals surface area contributed by atoms with E-state index in [1.807, 2.05) is 38.1 Å². The second kappa shape index (κ2) is 9.45. The Morgan fingerprint density at radius 2 is 1.96 bits per heavy atom. The maximum atomic E-state index is 11.2. The highest BCUT2D eigenvalue weighted by Gasteiger charge is 2.15. The number of benzene rings is 1. The monoisotopic (exact) mass is 321 g/mol. The van der Waals surface area contributed by atoms with Crippen molar-refractivity contribution >= 4 is 5.97 Å². The van der Waals surface area contributed by atoms with Gasteiger partial charge < -0.3 is 14.2 Å². The first kappa shape index (κ1) is 18.5. The maximum absolute atomic E-state index is 11.2. The molecule has 0 amide bonds. The number of nitrogens with zero attached hydrogens (tertiary/aromatic N) is 3. The van der Waals surface area contributed by atoms with Crippen LogP contribution in [0, 0.1) is 0 Å². The third-order valence-corrected chi connectivity index (χ3v) is 2.72. The Morgan fingerprint density at radius 3 is 2.61 bits per heavy atom. The van der Waals surface area contributed by atoms with E-state index in [0.29, 0.717) is 18.2 Å². The van der Waals surface area contributed by atoms with E-state index in [1.54, 1.807) is 25.8 Å². The molecule has 0 aliphatic rings. The molecule has 0 saturated heterocycles. The molecule has 0 spiro atoms. The molecular formula is C16H23N3O4. The average Bonchev–Trinajstić information content (AvgIpc) is 2.96. The second-order valence-electron chi connectivity index (χ2n) is 4.14. The molecule has 7 heteroatoms. The smallest absolute Gasteiger partial charge is 0.344 e. The Balaban J connectivity index is 0.00000127. The number of rotatable bonds is 6. The summed E-state index contributed by atoms with van der Waals surface area (Å²) >= 11 is 0. The highest BCUT2D eigenvalue weighted by molar-refractivity contribution is 5.71. The molecule has 0 unspecified atom stereocenters. The van der Waals surface area contributed by atoms with Crippen LogP contribution in [-0.4, -0.2) is 41.1 Å². The number of para-hydroxylation sites is 1. The number of carbonyl (C=O) groups excluding carboxylic acids is 1. The van der Waals surface area contributed by atoms with Crippen molar-refractivity contribution in [1.29, 1.82) is 0 Å². The van der Waals surface area contributed by atoms with Crippen LogP contribution < -0.4 is 9.47 Å². The molecule has 1 aromatic carbocycles. The highest BCUT2D eigenvalue weighted by Crippen LogP contribution is 2.28. The van der Waals surface area contributed by atoms with Gasteiger partial charge >= 0.3 is 12.0 Å². The zero-order valence-corrected chi connectivity index (χ0v) is 14.2. The predicted molar refractivity (Wildman–Crippen MR) is 86.5 cm³/mol. The number of hydrogen-bond acceptors (Lipinski definition) is 6. The fourth-order valence-corrected chi connectivity index (χ4v) is 1.81. The lowest BCUT2D eigenvalue weighted by Gasteiger charge is -2.06. The minimum atomic E-state index is -0.455. The summed E-state index contributed by atoms with van der Waals surface area (Å²) in [6.07, 6.45) is 0. The molecule has 0 bridgehead atoms. The molecule has 0 fully saturated rings. The Hall–Kier alpha value is -2.57. The van der Waals surface area contributed by atoms with Crippen LogP contribution in [0.5, 0.6) is 11.8 Å². The van der Waals surface area contributed by atoms with Gasteiger partial charge in [0.25, 0.3) is 0 Å². The molecule has 7 nitrogen and oxygen atoms in total. The lowest BCUT2D eigenvalue weighted by atomic mass is 10.2. The maximum Gasteiger partial charge on any atom is 0.344 e. The minimum absolute atomic E-state index is 0.117. The van der Waals surface area contributed by atoms with Crippen LogP contribution in [0.4, 0.5) is 0 Å². The molecule has 0 radical (unpaired) electrons. The molecule has 0 N–H and O–H groups in total. The van der Waals surface area contributed by atoms with Gasteiger partial charge in [0.1, 0.15) is 5.75 Å². The first-order chi connectivity index (χ1) is 11.2. The standard InChI is InChI=1S/C14H17N3O4.C2H6/c1-4-20-12(18)9-21-14-15-13(17(2)16-14)10-7-5-6-8-11(10)19-3;1-2/h5-8H,4,9H2,1-3H3;1-2H3. The topological polar surface area (TPSA) is 75.5 Å². The Morgan fingerprint density at radius 1 is 1.26 bits per heavy atom. The molecule has 0 aliphatic carbocycles. The average molecular weight is 321 g/mol. The van der Waals surface area contributed by atoms with Gasteiger partial charge in [-0.2, -0.15) is 4.98 Å². The number of carbonyl (C=O) groups is 1. The van der Waals surface area contributed by atoms with E-state index in [4.69, 9.17) is 14.2 Å². The second-order valence-corrected chi connectivity index (χ2v) is 4.14. The summed E-state index contributed by atoms with van der Waals surface area (Å²) in [5.74, 6) is 0.819. The van der Waals surface area contributed by atoms with E-state index in [-0.39, 0.29) is 12.6 Å². The number of methoxy groups -OCH3 is 1. The fourth-order valence-electron chi connectivity index (χ4n) is 1.81. The van der Waals surface area contributed by atoms with Crippen molar-refractivity contribution in [2.75, 3.05) is 20.3 Å². The number of esters is 1. The lowest BCUT2D eigenvalue weighted by Crippen LogP contribution is -2.15. The van der Waals surface area contributed by atoms with Gasteiger partial charge in [-0.05, 0) is 19.1 Å². The van der Waals surface area contributed by atoms with Gasteiger partial charge in [0.15, 0.2) is 12.4 Å². The third-order valence-electron chi connectivity index (χ3n) is 2.72. The SMILES string of the molecule is CC.CCOC(=O)COc1nc(-c2ccccc2OC)n(C)n1. The van der Waals surface area contributed by atoms with Crippen molar-refractivity contribution in [1.82, 2.24) is 14.8 Å². The molecule has 2 rings (SSSR count). The molecule has 0 aliphatic heterocycles. The van der Waals surface area contributed by atoms with Gasteiger partial charge in [-0.3, -0.25) is 0 Å². The highest BCUT2D eigenvalue weighted by atomic mass is 16.6. The van der Waals surface area contributed by atoms with E-state index in [1.165, 1.54) is 0 Å². The molecule has 1 heterocycles. The molecule has 0 saturated carbocycles. The van der Waals surface area contributed by atoms with E-state index in [0.717, 1.165) is 5.56 Å². The van der Waals surface area contributed by atoms with Crippen LogP contribution in [0.1, 0.15) is 20.8 Å². The van der Waals surface area contributed by atoms with Crippen LogP contribution in [0.3, 0.4) is 0 Å². The summed E-state index contributed by atoms with van der Waals surface area (Å²) in [4.78, 5) is 15.5. The summed E-state index contributed by atoms with van der Waals surface area (Å²) in [5.41, 5.74) is 0.793. The van der Waals surface area contributed by atoms with Gasteiger partial charge in [-0.15, -0.1) is 5.10 Å². The van der Waals surface area contributed by atoms with Gasteiger partial charge in [0.2, 0.25) is 0 Å². The third kappa shape index (κ3) is 4.98. The summed E-state index contributed by atoms with van der Waals surface area (Å²) in [6.45, 7) is 5.82. The Kier molecular flexibility index (Phi) is 7.59. The largest absolute Gasteiger partial charge is 0.496 e. The quantitative estimate of drug-likeness (QED) is 0.761. The van der Waals surface area contributed by atoms with Crippen LogP contribution in [0.25, 0.3) is 11.4 Å². The Labute approximate surface area is 136 Å². The summed E-state index contributed by atoms with van der Waals surface area (Å²) in [6, 6.07) is 7.58. The molecule has 23 heavy (non-hydrogen) atoms. The van der Waals surface area contributed by atoms with Gasteiger partial charge in [-0.1, -0.05) is 26.0 Å². The molecule has 1 aromatic heterocycles. The van der Waals surface area contributed by atoms with E-state index < -0.39 is 5.97 Å². The summed E-state index contributed by atoms with van der Waals surface area (Å²) in [5, 5.41) is 4.11. The number of aryl methyl sites for hydroxylation is 1. The van der Waals surface area contributed by atoms with Gasteiger partial charge in [0.05, 0.1) is 19.3 Å². The van der Waals surface area contributed by atoms with Crippen molar-refractivity contribution in [3.05, 3.63) is 24.3 Å². The van der Waals surface area contributed by atoms with Crippen molar-refractivity contribution in [3.8, 4) is 23.1 Å². The lowest BCUT2D eigenvalue weighted by molar-refractivity contribution is -0.145. The molecule has 0 atom stereocenters. The van der Waals surface area contributed by atoms with Crippen LogP contribution >= 0.6 is 0 Å². The van der Waals surface area contributed by atoms with Crippen LogP contribution in [-0.2, 0) is 16.6 Å². The zero-order chi connectivity index (χ0) is 17.2. The van der Waals surface area contributed by atoms with E-state index in [2.05, 4.69) is 10.1 Å². The first-order valence-electron chi connectivity index (χ1n) is 7.48. The van der Waals surface area contributed by atoms with E-state index in [9.17, 15) is 4.79 Å². The number of aromatic nitrogens is 3. The minimum Gasteiger partial charge on any atom is -0.496 e. The van der Waals surface area contributed by atoms with Gasteiger partial charge in [-0.25, -0.2) is 9.48 Å².